The molecule has 1 fully saturated rings. The minimum Gasteiger partial charge on any atom is -0.273 e. The number of nitrogens with zero attached hydrogens (tertiary/aromatic N) is 2. The van der Waals surface area contributed by atoms with Crippen molar-refractivity contribution >= 4 is 5.91 Å². The molecule has 0 bridgehead atoms. The van der Waals surface area contributed by atoms with Crippen molar-refractivity contribution in [3.63, 3.8) is 0 Å². The summed E-state index contributed by atoms with van der Waals surface area (Å²) in [6, 6.07) is 0. The maximum Gasteiger partial charge on any atom is 0.245 e. The van der Waals surface area contributed by atoms with E-state index in [4.69, 9.17) is 0 Å². The molecule has 1 aliphatic rings. The maximum absolute atomic E-state index is 11.0. The second kappa shape index (κ2) is 4.05. The summed E-state index contributed by atoms with van der Waals surface area (Å²) in [6.07, 6.45) is 4.46. The first-order valence-corrected chi connectivity index (χ1v) is 3.98. The lowest BCUT2D eigenvalue weighted by molar-refractivity contribution is -0.131. The van der Waals surface area contributed by atoms with Gasteiger partial charge in [0.15, 0.2) is 0 Å². The fraction of sp³-hybridized carbons (Fsp3) is 0.857. The predicted octanol–water partition coefficient (Wildman–Crippen LogP) is 1.46. The van der Waals surface area contributed by atoms with Gasteiger partial charge in [-0.05, 0) is 12.8 Å². The van der Waals surface area contributed by atoms with Crippen LogP contribution < -0.4 is 0 Å². The molecule has 1 saturated heterocycles. The molecule has 1 rings (SSSR count). The third-order valence-electron chi connectivity index (χ3n) is 1.90. The lowest BCUT2D eigenvalue weighted by Gasteiger charge is -2.15. The van der Waals surface area contributed by atoms with E-state index in [0.29, 0.717) is 13.0 Å². The number of hydrogen-bond acceptors (Lipinski definition) is 3. The van der Waals surface area contributed by atoms with Gasteiger partial charge in [-0.2, -0.15) is 5.01 Å². The highest BCUT2D eigenvalue weighted by atomic mass is 16.3. The number of amides is 1. The van der Waals surface area contributed by atoms with Crippen LogP contribution in [-0.4, -0.2) is 17.5 Å². The molecule has 11 heavy (non-hydrogen) atoms. The summed E-state index contributed by atoms with van der Waals surface area (Å²) in [5, 5.41) is 3.70. The molecule has 1 aliphatic heterocycles. The minimum atomic E-state index is -0.125. The zero-order valence-electron chi connectivity index (χ0n) is 6.45. The Bertz CT molecular complexity index is 159. The molecule has 62 valence electrons. The molecule has 0 aromatic rings. The van der Waals surface area contributed by atoms with Crippen LogP contribution >= 0.6 is 0 Å². The standard InChI is InChI=1S/C7H12N2O2/c10-7-5-3-1-2-4-6-9(7)8-11/h1-6H2. The van der Waals surface area contributed by atoms with E-state index in [0.717, 1.165) is 30.7 Å². The highest BCUT2D eigenvalue weighted by Gasteiger charge is 2.14. The van der Waals surface area contributed by atoms with Crippen LogP contribution in [-0.2, 0) is 4.79 Å². The van der Waals surface area contributed by atoms with E-state index in [-0.39, 0.29) is 5.91 Å². The Hall–Kier alpha value is -0.930. The van der Waals surface area contributed by atoms with Crippen molar-refractivity contribution in [3.05, 3.63) is 4.91 Å². The van der Waals surface area contributed by atoms with Crippen LogP contribution in [0.2, 0.25) is 0 Å². The quantitative estimate of drug-likeness (QED) is 0.539. The van der Waals surface area contributed by atoms with Gasteiger partial charge in [0, 0.05) is 13.0 Å². The van der Waals surface area contributed by atoms with Crippen molar-refractivity contribution in [1.82, 2.24) is 5.01 Å². The summed E-state index contributed by atoms with van der Waals surface area (Å²) in [4.78, 5) is 21.1. The van der Waals surface area contributed by atoms with E-state index in [2.05, 4.69) is 5.29 Å². The molecular formula is C7H12N2O2. The van der Waals surface area contributed by atoms with Crippen LogP contribution in [0.4, 0.5) is 0 Å². The second-order valence-electron chi connectivity index (χ2n) is 2.76. The van der Waals surface area contributed by atoms with Gasteiger partial charge in [-0.1, -0.05) is 12.8 Å². The van der Waals surface area contributed by atoms with Crippen molar-refractivity contribution < 1.29 is 4.79 Å². The van der Waals surface area contributed by atoms with Crippen LogP contribution in [0.1, 0.15) is 32.1 Å². The molecule has 0 aliphatic carbocycles. The fourth-order valence-corrected chi connectivity index (χ4v) is 1.23. The first-order valence-electron chi connectivity index (χ1n) is 3.98. The SMILES string of the molecule is O=NN1CCCCCCC1=O. The Balaban J connectivity index is 2.45. The van der Waals surface area contributed by atoms with Crippen LogP contribution in [0, 0.1) is 4.91 Å². The topological polar surface area (TPSA) is 49.7 Å². The van der Waals surface area contributed by atoms with E-state index in [1.54, 1.807) is 0 Å². The van der Waals surface area contributed by atoms with Gasteiger partial charge in [-0.15, -0.1) is 4.91 Å². The zero-order valence-corrected chi connectivity index (χ0v) is 6.45. The van der Waals surface area contributed by atoms with Gasteiger partial charge in [0.1, 0.15) is 0 Å². The molecule has 0 N–H and O–H groups in total. The molecule has 0 aromatic carbocycles. The predicted molar refractivity (Wildman–Crippen MR) is 40.6 cm³/mol. The van der Waals surface area contributed by atoms with E-state index in [9.17, 15) is 9.70 Å². The molecule has 4 heteroatoms. The number of rotatable bonds is 1. The van der Waals surface area contributed by atoms with Crippen molar-refractivity contribution in [2.45, 2.75) is 32.1 Å². The van der Waals surface area contributed by atoms with Crippen molar-refractivity contribution in [3.8, 4) is 0 Å². The minimum absolute atomic E-state index is 0.125. The molecule has 0 spiro atoms. The Morgan fingerprint density at radius 3 is 2.64 bits per heavy atom. The Morgan fingerprint density at radius 1 is 1.18 bits per heavy atom. The zero-order chi connectivity index (χ0) is 8.10. The maximum atomic E-state index is 11.0. The Kier molecular flexibility index (Phi) is 3.01. The normalized spacial score (nSPS) is 20.7. The summed E-state index contributed by atoms with van der Waals surface area (Å²) in [5.41, 5.74) is 0. The summed E-state index contributed by atoms with van der Waals surface area (Å²) < 4.78 is 0. The third kappa shape index (κ3) is 2.29. The summed E-state index contributed by atoms with van der Waals surface area (Å²) in [5.74, 6) is -0.125. The average Bonchev–Trinajstić information content (AvgIpc) is 1.98. The molecule has 0 radical (unpaired) electrons. The highest BCUT2D eigenvalue weighted by Crippen LogP contribution is 2.11. The summed E-state index contributed by atoms with van der Waals surface area (Å²) in [6.45, 7) is 0.502. The molecule has 0 aromatic heterocycles. The summed E-state index contributed by atoms with van der Waals surface area (Å²) in [7, 11) is 0. The molecular weight excluding hydrogens is 144 g/mol. The van der Waals surface area contributed by atoms with Crippen molar-refractivity contribution in [1.29, 1.82) is 0 Å². The number of nitroso groups, excluding NO2 is 1. The molecule has 0 atom stereocenters. The van der Waals surface area contributed by atoms with Crippen LogP contribution in [0.15, 0.2) is 5.29 Å². The lowest BCUT2D eigenvalue weighted by atomic mass is 10.1. The van der Waals surface area contributed by atoms with Crippen LogP contribution in [0.25, 0.3) is 0 Å². The average molecular weight is 156 g/mol. The van der Waals surface area contributed by atoms with Crippen molar-refractivity contribution in [2.24, 2.45) is 5.29 Å². The summed E-state index contributed by atoms with van der Waals surface area (Å²) >= 11 is 0. The first-order chi connectivity index (χ1) is 5.34. The van der Waals surface area contributed by atoms with Gasteiger partial charge < -0.3 is 0 Å². The smallest absolute Gasteiger partial charge is 0.245 e. The van der Waals surface area contributed by atoms with Crippen molar-refractivity contribution in [2.75, 3.05) is 6.54 Å². The highest BCUT2D eigenvalue weighted by molar-refractivity contribution is 5.75. The number of carbonyl (C=O) groups excluding carboxylic acids is 1. The van der Waals surface area contributed by atoms with E-state index in [1.807, 2.05) is 0 Å². The van der Waals surface area contributed by atoms with Gasteiger partial charge in [0.05, 0.1) is 5.29 Å². The largest absolute Gasteiger partial charge is 0.273 e. The number of carbonyl (C=O) groups is 1. The fourth-order valence-electron chi connectivity index (χ4n) is 1.23. The van der Waals surface area contributed by atoms with Gasteiger partial charge in [-0.3, -0.25) is 4.79 Å². The molecule has 1 heterocycles. The second-order valence-corrected chi connectivity index (χ2v) is 2.76. The molecule has 0 saturated carbocycles. The molecule has 0 unspecified atom stereocenters. The van der Waals surface area contributed by atoms with Crippen LogP contribution in [0.3, 0.4) is 0 Å². The monoisotopic (exact) mass is 156 g/mol. The first kappa shape index (κ1) is 8.17. The van der Waals surface area contributed by atoms with E-state index in [1.165, 1.54) is 0 Å². The van der Waals surface area contributed by atoms with E-state index >= 15 is 0 Å². The molecule has 1 amide bonds. The molecule has 4 nitrogen and oxygen atoms in total. The van der Waals surface area contributed by atoms with Crippen LogP contribution in [0.5, 0.6) is 0 Å². The van der Waals surface area contributed by atoms with Gasteiger partial charge in [0.25, 0.3) is 0 Å². The Labute approximate surface area is 65.5 Å². The third-order valence-corrected chi connectivity index (χ3v) is 1.90. The van der Waals surface area contributed by atoms with Gasteiger partial charge >= 0.3 is 0 Å². The van der Waals surface area contributed by atoms with E-state index < -0.39 is 0 Å². The Morgan fingerprint density at radius 2 is 1.91 bits per heavy atom. The lowest BCUT2D eigenvalue weighted by Crippen LogP contribution is -2.27. The number of hydrogen-bond donors (Lipinski definition) is 0. The van der Waals surface area contributed by atoms with Gasteiger partial charge in [0.2, 0.25) is 5.91 Å². The van der Waals surface area contributed by atoms with Gasteiger partial charge in [-0.25, -0.2) is 0 Å².